The topological polar surface area (TPSA) is 0 Å². The Kier molecular flexibility index (Phi) is 7.55. The monoisotopic (exact) mass is 312 g/mol. The van der Waals surface area contributed by atoms with Crippen LogP contribution in [-0.2, 0) is 0 Å². The highest BCUT2D eigenvalue weighted by molar-refractivity contribution is 6.82. The van der Waals surface area contributed by atoms with Crippen LogP contribution >= 0.6 is 0 Å². The van der Waals surface area contributed by atoms with Gasteiger partial charge in [0.15, 0.2) is 0 Å². The molecule has 0 nitrogen and oxygen atoms in total. The van der Waals surface area contributed by atoms with Gasteiger partial charge in [-0.3, -0.25) is 0 Å². The van der Waals surface area contributed by atoms with E-state index in [4.69, 9.17) is 0 Å². The molecule has 2 heteroatoms. The van der Waals surface area contributed by atoms with Crippen LogP contribution in [0.5, 0.6) is 0 Å². The summed E-state index contributed by atoms with van der Waals surface area (Å²) in [5, 5.41) is 0. The average molecular weight is 313 g/mol. The molecule has 0 unspecified atom stereocenters. The lowest BCUT2D eigenvalue weighted by atomic mass is 9.99. The average Bonchev–Trinajstić information content (AvgIpc) is 2.53. The summed E-state index contributed by atoms with van der Waals surface area (Å²) >= 11 is 0. The summed E-state index contributed by atoms with van der Waals surface area (Å²) in [4.78, 5) is 0. The molecule has 1 saturated carbocycles. The SMILES string of the molecule is CC[Si](CC)(CC)C1CCC([Si](CC)(CC)CC)CC1. The van der Waals surface area contributed by atoms with Crippen LogP contribution in [0.2, 0.25) is 47.3 Å². The zero-order valence-electron chi connectivity index (χ0n) is 15.2. The second-order valence-corrected chi connectivity index (χ2v) is 18.7. The minimum Gasteiger partial charge on any atom is -0.0678 e. The van der Waals surface area contributed by atoms with Crippen molar-refractivity contribution in [3.63, 3.8) is 0 Å². The molecule has 1 aliphatic rings. The van der Waals surface area contributed by atoms with E-state index in [0.717, 1.165) is 11.1 Å². The Morgan fingerprint density at radius 3 is 0.850 bits per heavy atom. The zero-order valence-corrected chi connectivity index (χ0v) is 17.2. The normalized spacial score (nSPS) is 24.9. The fraction of sp³-hybridized carbons (Fsp3) is 1.00. The molecule has 0 atom stereocenters. The molecule has 20 heavy (non-hydrogen) atoms. The highest BCUT2D eigenvalue weighted by atomic mass is 28.3. The van der Waals surface area contributed by atoms with Gasteiger partial charge < -0.3 is 0 Å². The van der Waals surface area contributed by atoms with E-state index >= 15 is 0 Å². The molecular weight excluding hydrogens is 272 g/mol. The summed E-state index contributed by atoms with van der Waals surface area (Å²) in [7, 11) is -1.84. The van der Waals surface area contributed by atoms with Gasteiger partial charge in [-0.25, -0.2) is 0 Å². The third-order valence-corrected chi connectivity index (χ3v) is 20.8. The van der Waals surface area contributed by atoms with Crippen molar-refractivity contribution in [3.05, 3.63) is 0 Å². The minimum atomic E-state index is -0.920. The molecule has 1 fully saturated rings. The van der Waals surface area contributed by atoms with Gasteiger partial charge in [-0.05, 0) is 11.1 Å². The van der Waals surface area contributed by atoms with Crippen molar-refractivity contribution >= 4 is 16.1 Å². The fourth-order valence-corrected chi connectivity index (χ4v) is 15.1. The molecule has 1 rings (SSSR count). The standard InChI is InChI=1S/C18H40Si2/c1-7-19(8-2,9-3)17-13-15-18(16-14-17)20(10-4,11-5)12-6/h17-18H,7-16H2,1-6H3. The van der Waals surface area contributed by atoms with E-state index in [1.165, 1.54) is 36.3 Å². The van der Waals surface area contributed by atoms with Crippen LogP contribution in [0, 0.1) is 0 Å². The maximum Gasteiger partial charge on any atom is 0.0558 e. The summed E-state index contributed by atoms with van der Waals surface area (Å²) in [5.74, 6) is 0. The second-order valence-electron chi connectivity index (χ2n) is 7.39. The highest BCUT2D eigenvalue weighted by Crippen LogP contribution is 2.51. The lowest BCUT2D eigenvalue weighted by molar-refractivity contribution is 0.473. The van der Waals surface area contributed by atoms with Crippen LogP contribution in [0.3, 0.4) is 0 Å². The molecule has 0 amide bonds. The van der Waals surface area contributed by atoms with Crippen molar-refractivity contribution in [2.45, 2.75) is 115 Å². The van der Waals surface area contributed by atoms with E-state index in [2.05, 4.69) is 41.5 Å². The molecule has 1 aliphatic carbocycles. The first kappa shape index (κ1) is 18.5. The number of hydrogen-bond donors (Lipinski definition) is 0. The minimum absolute atomic E-state index is 0.920. The number of hydrogen-bond acceptors (Lipinski definition) is 0. The summed E-state index contributed by atoms with van der Waals surface area (Å²) in [5.41, 5.74) is 2.33. The molecule has 0 radical (unpaired) electrons. The smallest absolute Gasteiger partial charge is 0.0558 e. The van der Waals surface area contributed by atoms with Crippen LogP contribution in [0.25, 0.3) is 0 Å². The highest BCUT2D eigenvalue weighted by Gasteiger charge is 2.43. The summed E-state index contributed by atoms with van der Waals surface area (Å²) < 4.78 is 0. The molecule has 0 aromatic carbocycles. The van der Waals surface area contributed by atoms with Gasteiger partial charge in [-0.1, -0.05) is 103 Å². The van der Waals surface area contributed by atoms with Gasteiger partial charge in [-0.15, -0.1) is 0 Å². The van der Waals surface area contributed by atoms with Crippen molar-refractivity contribution < 1.29 is 0 Å². The quantitative estimate of drug-likeness (QED) is 0.412. The van der Waals surface area contributed by atoms with E-state index in [1.54, 1.807) is 25.7 Å². The lowest BCUT2D eigenvalue weighted by Gasteiger charge is -2.46. The Labute approximate surface area is 131 Å². The Morgan fingerprint density at radius 1 is 0.500 bits per heavy atom. The molecule has 0 saturated heterocycles. The molecule has 0 aliphatic heterocycles. The van der Waals surface area contributed by atoms with Crippen LogP contribution in [0.4, 0.5) is 0 Å². The molecule has 0 heterocycles. The van der Waals surface area contributed by atoms with Crippen molar-refractivity contribution in [2.75, 3.05) is 0 Å². The summed E-state index contributed by atoms with van der Waals surface area (Å²) in [6.07, 6.45) is 6.39. The van der Waals surface area contributed by atoms with Gasteiger partial charge in [0, 0.05) is 0 Å². The van der Waals surface area contributed by atoms with E-state index in [1.807, 2.05) is 0 Å². The molecule has 0 aromatic heterocycles. The van der Waals surface area contributed by atoms with Crippen molar-refractivity contribution in [3.8, 4) is 0 Å². The predicted octanol–water partition coefficient (Wildman–Crippen LogP) is 7.32. The van der Waals surface area contributed by atoms with Crippen LogP contribution in [0.15, 0.2) is 0 Å². The van der Waals surface area contributed by atoms with Gasteiger partial charge in [0.1, 0.15) is 0 Å². The van der Waals surface area contributed by atoms with Gasteiger partial charge in [-0.2, -0.15) is 0 Å². The van der Waals surface area contributed by atoms with Gasteiger partial charge in [0.05, 0.1) is 16.1 Å². The Hall–Kier alpha value is 0.434. The molecule has 120 valence electrons. The second kappa shape index (κ2) is 8.17. The van der Waals surface area contributed by atoms with Gasteiger partial charge >= 0.3 is 0 Å². The molecule has 0 bridgehead atoms. The third kappa shape index (κ3) is 3.43. The first-order valence-corrected chi connectivity index (χ1v) is 15.0. The van der Waals surface area contributed by atoms with Crippen LogP contribution < -0.4 is 0 Å². The first-order chi connectivity index (χ1) is 9.57. The van der Waals surface area contributed by atoms with Crippen molar-refractivity contribution in [2.24, 2.45) is 0 Å². The Bertz CT molecular complexity index is 214. The number of rotatable bonds is 8. The molecule has 0 spiro atoms. The van der Waals surface area contributed by atoms with Gasteiger partial charge in [0.25, 0.3) is 0 Å². The van der Waals surface area contributed by atoms with Gasteiger partial charge in [0.2, 0.25) is 0 Å². The summed E-state index contributed by atoms with van der Waals surface area (Å²) in [6.45, 7) is 15.0. The Morgan fingerprint density at radius 2 is 0.700 bits per heavy atom. The molecule has 0 aromatic rings. The lowest BCUT2D eigenvalue weighted by Crippen LogP contribution is -2.43. The maximum absolute atomic E-state index is 2.49. The zero-order chi connectivity index (χ0) is 15.2. The fourth-order valence-electron chi connectivity index (χ4n) is 5.55. The maximum atomic E-state index is 2.49. The van der Waals surface area contributed by atoms with E-state index in [-0.39, 0.29) is 0 Å². The van der Waals surface area contributed by atoms with Crippen molar-refractivity contribution in [1.82, 2.24) is 0 Å². The summed E-state index contributed by atoms with van der Waals surface area (Å²) in [6, 6.07) is 9.21. The molecular formula is C18H40Si2. The molecule has 0 N–H and O–H groups in total. The van der Waals surface area contributed by atoms with Crippen LogP contribution in [0.1, 0.15) is 67.2 Å². The van der Waals surface area contributed by atoms with E-state index < -0.39 is 16.1 Å². The third-order valence-electron chi connectivity index (χ3n) is 7.68. The van der Waals surface area contributed by atoms with E-state index in [9.17, 15) is 0 Å². The first-order valence-electron chi connectivity index (χ1n) is 9.57. The van der Waals surface area contributed by atoms with Crippen molar-refractivity contribution in [1.29, 1.82) is 0 Å². The Balaban J connectivity index is 2.72. The predicted molar refractivity (Wildman–Crippen MR) is 100 cm³/mol. The largest absolute Gasteiger partial charge is 0.0678 e. The van der Waals surface area contributed by atoms with E-state index in [0.29, 0.717) is 0 Å². The van der Waals surface area contributed by atoms with Crippen LogP contribution in [-0.4, -0.2) is 16.1 Å².